The summed E-state index contributed by atoms with van der Waals surface area (Å²) >= 11 is 0. The fraction of sp³-hybridized carbons (Fsp3) is 0. The van der Waals surface area contributed by atoms with Gasteiger partial charge in [-0.1, -0.05) is 36.4 Å². The molecule has 0 saturated carbocycles. The fourth-order valence-corrected chi connectivity index (χ4v) is 1.81. The average Bonchev–Trinajstić information content (AvgIpc) is 2.49. The van der Waals surface area contributed by atoms with E-state index in [1.54, 1.807) is 12.4 Å². The average molecular weight is 233 g/mol. The van der Waals surface area contributed by atoms with Crippen molar-refractivity contribution < 1.29 is 1.37 Å². The number of hydrogen-bond donors (Lipinski definition) is 0. The Morgan fingerprint density at radius 3 is 2.22 bits per heavy atom. The minimum absolute atomic E-state index is 0.410. The third-order valence-electron chi connectivity index (χ3n) is 2.69. The SMILES string of the molecule is [2H]c1c(-c2ccccc2)ccnc1-c1ccccn1. The Bertz CT molecular complexity index is 624. The predicted molar refractivity (Wildman–Crippen MR) is 72.9 cm³/mol. The van der Waals surface area contributed by atoms with Crippen molar-refractivity contribution in [2.45, 2.75) is 0 Å². The Labute approximate surface area is 107 Å². The minimum Gasteiger partial charge on any atom is -0.255 e. The Balaban J connectivity index is 2.15. The highest BCUT2D eigenvalue weighted by Gasteiger charge is 2.02. The van der Waals surface area contributed by atoms with E-state index in [0.717, 1.165) is 16.8 Å². The first-order chi connectivity index (χ1) is 9.36. The molecule has 0 radical (unpaired) electrons. The van der Waals surface area contributed by atoms with Gasteiger partial charge in [-0.3, -0.25) is 9.97 Å². The van der Waals surface area contributed by atoms with Gasteiger partial charge < -0.3 is 0 Å². The molecule has 86 valence electrons. The van der Waals surface area contributed by atoms with Gasteiger partial charge in [-0.15, -0.1) is 0 Å². The zero-order chi connectivity index (χ0) is 13.1. The molecular formula is C16H12N2. The summed E-state index contributed by atoms with van der Waals surface area (Å²) in [5, 5.41) is 0. The molecule has 0 aliphatic rings. The van der Waals surface area contributed by atoms with Gasteiger partial charge in [-0.05, 0) is 35.4 Å². The summed E-state index contributed by atoms with van der Waals surface area (Å²) in [5.41, 5.74) is 3.23. The van der Waals surface area contributed by atoms with Gasteiger partial charge >= 0.3 is 0 Å². The Morgan fingerprint density at radius 1 is 0.667 bits per heavy atom. The summed E-state index contributed by atoms with van der Waals surface area (Å²) in [6.45, 7) is 0. The number of rotatable bonds is 2. The second kappa shape index (κ2) is 4.80. The van der Waals surface area contributed by atoms with Crippen LogP contribution in [0.2, 0.25) is 0 Å². The molecule has 0 aliphatic heterocycles. The van der Waals surface area contributed by atoms with Gasteiger partial charge in [0.15, 0.2) is 0 Å². The lowest BCUT2D eigenvalue weighted by atomic mass is 10.1. The van der Waals surface area contributed by atoms with Crippen LogP contribution in [0, 0.1) is 0 Å². The monoisotopic (exact) mass is 233 g/mol. The fourth-order valence-electron chi connectivity index (χ4n) is 1.81. The quantitative estimate of drug-likeness (QED) is 0.672. The van der Waals surface area contributed by atoms with Crippen molar-refractivity contribution in [2.75, 3.05) is 0 Å². The largest absolute Gasteiger partial charge is 0.255 e. The van der Waals surface area contributed by atoms with E-state index in [1.165, 1.54) is 0 Å². The summed E-state index contributed by atoms with van der Waals surface area (Å²) in [6.07, 6.45) is 3.44. The minimum atomic E-state index is 0.410. The molecule has 0 N–H and O–H groups in total. The molecule has 1 aromatic carbocycles. The van der Waals surface area contributed by atoms with Crippen LogP contribution in [-0.4, -0.2) is 9.97 Å². The molecule has 2 heteroatoms. The van der Waals surface area contributed by atoms with Gasteiger partial charge in [0, 0.05) is 12.4 Å². The molecule has 0 spiro atoms. The second-order valence-electron chi connectivity index (χ2n) is 3.91. The molecule has 2 nitrogen and oxygen atoms in total. The maximum Gasteiger partial charge on any atom is 0.0892 e. The maximum absolute atomic E-state index is 8.32. The zero-order valence-electron chi connectivity index (χ0n) is 10.7. The molecule has 18 heavy (non-hydrogen) atoms. The number of nitrogens with zero attached hydrogens (tertiary/aromatic N) is 2. The smallest absolute Gasteiger partial charge is 0.0892 e. The first-order valence-electron chi connectivity index (χ1n) is 6.28. The van der Waals surface area contributed by atoms with Gasteiger partial charge in [-0.2, -0.15) is 0 Å². The number of pyridine rings is 2. The van der Waals surface area contributed by atoms with Crippen LogP contribution in [0.3, 0.4) is 0 Å². The van der Waals surface area contributed by atoms with E-state index in [4.69, 9.17) is 1.37 Å². The van der Waals surface area contributed by atoms with Gasteiger partial charge in [0.2, 0.25) is 0 Å². The van der Waals surface area contributed by atoms with Crippen LogP contribution in [0.5, 0.6) is 0 Å². The normalized spacial score (nSPS) is 11.0. The first kappa shape index (κ1) is 9.54. The van der Waals surface area contributed by atoms with Crippen LogP contribution in [0.4, 0.5) is 0 Å². The molecule has 2 heterocycles. The molecule has 0 saturated heterocycles. The first-order valence-corrected chi connectivity index (χ1v) is 5.78. The number of benzene rings is 1. The van der Waals surface area contributed by atoms with Crippen molar-refractivity contribution in [2.24, 2.45) is 0 Å². The summed E-state index contributed by atoms with van der Waals surface area (Å²) in [5.74, 6) is 0. The van der Waals surface area contributed by atoms with Crippen molar-refractivity contribution >= 4 is 0 Å². The predicted octanol–water partition coefficient (Wildman–Crippen LogP) is 3.81. The van der Waals surface area contributed by atoms with E-state index in [0.29, 0.717) is 11.7 Å². The second-order valence-corrected chi connectivity index (χ2v) is 3.91. The third-order valence-corrected chi connectivity index (χ3v) is 2.69. The van der Waals surface area contributed by atoms with Crippen molar-refractivity contribution in [1.82, 2.24) is 9.97 Å². The highest BCUT2D eigenvalue weighted by Crippen LogP contribution is 2.22. The van der Waals surface area contributed by atoms with Gasteiger partial charge in [0.1, 0.15) is 0 Å². The van der Waals surface area contributed by atoms with E-state index in [-0.39, 0.29) is 0 Å². The van der Waals surface area contributed by atoms with Crippen LogP contribution >= 0.6 is 0 Å². The van der Waals surface area contributed by atoms with Crippen molar-refractivity contribution in [3.8, 4) is 22.5 Å². The molecule has 0 atom stereocenters. The van der Waals surface area contributed by atoms with Gasteiger partial charge in [0.25, 0.3) is 0 Å². The molecule has 3 rings (SSSR count). The third kappa shape index (κ3) is 2.13. The molecule has 0 fully saturated rings. The molecule has 2 aromatic heterocycles. The molecule has 0 unspecified atom stereocenters. The highest BCUT2D eigenvalue weighted by atomic mass is 14.8. The molecule has 3 aromatic rings. The van der Waals surface area contributed by atoms with E-state index < -0.39 is 0 Å². The van der Waals surface area contributed by atoms with Crippen molar-refractivity contribution in [3.63, 3.8) is 0 Å². The van der Waals surface area contributed by atoms with E-state index in [9.17, 15) is 0 Å². The Morgan fingerprint density at radius 2 is 1.44 bits per heavy atom. The van der Waals surface area contributed by atoms with Crippen LogP contribution in [0.15, 0.2) is 73.0 Å². The zero-order valence-corrected chi connectivity index (χ0v) is 9.75. The standard InChI is InChI=1S/C16H12N2/c1-2-6-13(7-3-1)14-9-11-18-16(12-14)15-8-4-5-10-17-15/h1-12H/i12D. The summed E-state index contributed by atoms with van der Waals surface area (Å²) in [4.78, 5) is 8.55. The highest BCUT2D eigenvalue weighted by molar-refractivity contribution is 5.68. The molecular weight excluding hydrogens is 220 g/mol. The van der Waals surface area contributed by atoms with E-state index in [2.05, 4.69) is 9.97 Å². The topological polar surface area (TPSA) is 25.8 Å². The van der Waals surface area contributed by atoms with Crippen LogP contribution in [0.25, 0.3) is 22.5 Å². The van der Waals surface area contributed by atoms with Crippen LogP contribution in [0.1, 0.15) is 1.37 Å². The molecule has 0 bridgehead atoms. The summed E-state index contributed by atoms with van der Waals surface area (Å²) in [6, 6.07) is 17.8. The summed E-state index contributed by atoms with van der Waals surface area (Å²) < 4.78 is 8.32. The summed E-state index contributed by atoms with van der Waals surface area (Å²) in [7, 11) is 0. The van der Waals surface area contributed by atoms with Crippen LogP contribution < -0.4 is 0 Å². The number of hydrogen-bond acceptors (Lipinski definition) is 2. The Kier molecular flexibility index (Phi) is 2.54. The maximum atomic E-state index is 8.32. The molecule has 0 aliphatic carbocycles. The number of aromatic nitrogens is 2. The lowest BCUT2D eigenvalue weighted by Crippen LogP contribution is -1.87. The van der Waals surface area contributed by atoms with Gasteiger partial charge in [0.05, 0.1) is 12.8 Å². The van der Waals surface area contributed by atoms with Crippen molar-refractivity contribution in [3.05, 3.63) is 73.0 Å². The molecule has 0 amide bonds. The Hall–Kier alpha value is -2.48. The van der Waals surface area contributed by atoms with Crippen LogP contribution in [-0.2, 0) is 0 Å². The lowest BCUT2D eigenvalue weighted by molar-refractivity contribution is 1.25. The lowest BCUT2D eigenvalue weighted by Gasteiger charge is -2.04. The van der Waals surface area contributed by atoms with Gasteiger partial charge in [-0.25, -0.2) is 0 Å². The van der Waals surface area contributed by atoms with Crippen molar-refractivity contribution in [1.29, 1.82) is 0 Å². The van der Waals surface area contributed by atoms with E-state index >= 15 is 0 Å². The van der Waals surface area contributed by atoms with E-state index in [1.807, 2.05) is 54.6 Å².